The van der Waals surface area contributed by atoms with Crippen LogP contribution >= 0.6 is 0 Å². The second-order valence-corrected chi connectivity index (χ2v) is 14.6. The number of anilines is 2. The van der Waals surface area contributed by atoms with E-state index in [0.29, 0.717) is 0 Å². The van der Waals surface area contributed by atoms with Crippen molar-refractivity contribution in [1.29, 1.82) is 0 Å². The van der Waals surface area contributed by atoms with Gasteiger partial charge in [-0.05, 0) is 112 Å². The maximum absolute atomic E-state index is 9.10. The largest absolute Gasteiger partial charge is 0.473 e. The summed E-state index contributed by atoms with van der Waals surface area (Å²) in [7, 11) is 0. The lowest BCUT2D eigenvalue weighted by molar-refractivity contribution is -0.159. The molecule has 7 aromatic rings. The summed E-state index contributed by atoms with van der Waals surface area (Å²) < 4.78 is 4.81. The van der Waals surface area contributed by atoms with Crippen molar-refractivity contribution < 1.29 is 39.6 Å². The Hall–Kier alpha value is -6.90. The van der Waals surface area contributed by atoms with Gasteiger partial charge in [0, 0.05) is 94.3 Å². The molecule has 2 aromatic heterocycles. The molecule has 0 radical (unpaired) electrons. The number of nitrogens with one attached hydrogen (secondary N) is 4. The molecule has 8 N–H and O–H groups in total. The third-order valence-electron chi connectivity index (χ3n) is 10.4. The van der Waals surface area contributed by atoms with Crippen LogP contribution in [0.2, 0.25) is 0 Å². The molecule has 0 bridgehead atoms. The molecule has 0 spiro atoms. The van der Waals surface area contributed by atoms with Gasteiger partial charge >= 0.3 is 23.9 Å². The summed E-state index contributed by atoms with van der Waals surface area (Å²) in [5, 5.41) is 49.5. The summed E-state index contributed by atoms with van der Waals surface area (Å²) in [6, 6.07) is 40.0. The van der Waals surface area contributed by atoms with Crippen LogP contribution in [0.25, 0.3) is 43.6 Å². The van der Waals surface area contributed by atoms with Gasteiger partial charge in [-0.2, -0.15) is 0 Å². The number of aliphatic carboxylic acids is 4. The van der Waals surface area contributed by atoms with Crippen LogP contribution in [0, 0.1) is 0 Å². The highest BCUT2D eigenvalue weighted by atomic mass is 16.4. The van der Waals surface area contributed by atoms with E-state index < -0.39 is 23.9 Å². The number of unbranched alkanes of at least 4 members (excludes halogenated alkanes) is 2. The average Bonchev–Trinajstić information content (AvgIpc) is 3.77. The minimum absolute atomic E-state index is 0.913. The number of rotatable bonds is 18. The lowest BCUT2D eigenvalue weighted by atomic mass is 10.1. The number of hydrogen-bond donors (Lipinski definition) is 8. The highest BCUT2D eigenvalue weighted by molar-refractivity contribution is 6.28. The second-order valence-electron chi connectivity index (χ2n) is 14.6. The molecule has 326 valence electrons. The van der Waals surface area contributed by atoms with E-state index in [4.69, 9.17) is 39.6 Å². The zero-order valence-corrected chi connectivity index (χ0v) is 35.2. The predicted molar refractivity (Wildman–Crippen MR) is 246 cm³/mol. The van der Waals surface area contributed by atoms with Crippen LogP contribution in [0.3, 0.4) is 0 Å². The molecule has 0 atom stereocenters. The number of carboxylic acid groups (broad SMARTS) is 4. The van der Waals surface area contributed by atoms with E-state index in [1.807, 2.05) is 0 Å². The first-order chi connectivity index (χ1) is 30.0. The highest BCUT2D eigenvalue weighted by Crippen LogP contribution is 2.32. The molecule has 0 saturated carbocycles. The second kappa shape index (κ2) is 23.2. The third kappa shape index (κ3) is 12.6. The van der Waals surface area contributed by atoms with Crippen LogP contribution in [-0.2, 0) is 45.4 Å². The van der Waals surface area contributed by atoms with E-state index in [0.717, 1.165) is 78.0 Å². The maximum Gasteiger partial charge on any atom is 0.414 e. The normalized spacial score (nSPS) is 10.9. The van der Waals surface area contributed by atoms with Gasteiger partial charge in [0.2, 0.25) is 0 Å². The molecule has 0 aliphatic heterocycles. The molecule has 0 saturated heterocycles. The number of benzene rings is 5. The van der Waals surface area contributed by atoms with Crippen molar-refractivity contribution in [3.8, 4) is 0 Å². The Balaban J connectivity index is 0.000000533. The quantitative estimate of drug-likeness (QED) is 0.0304. The number of hydrogen-bond acceptors (Lipinski definition) is 8. The number of carbonyl (C=O) groups is 4. The molecule has 5 aromatic carbocycles. The first kappa shape index (κ1) is 46.2. The monoisotopic (exact) mass is 844 g/mol. The van der Waals surface area contributed by atoms with Crippen molar-refractivity contribution in [2.75, 3.05) is 36.8 Å². The highest BCUT2D eigenvalue weighted by Gasteiger charge is 2.11. The van der Waals surface area contributed by atoms with E-state index in [1.165, 1.54) is 66.1 Å². The zero-order chi connectivity index (χ0) is 44.4. The smallest absolute Gasteiger partial charge is 0.414 e. The predicted octanol–water partition coefficient (Wildman–Crippen LogP) is 8.22. The molecular formula is C48H56N6O8. The van der Waals surface area contributed by atoms with Crippen LogP contribution in [0.5, 0.6) is 0 Å². The number of carboxylic acids is 4. The van der Waals surface area contributed by atoms with Gasteiger partial charge in [0.25, 0.3) is 0 Å². The molecule has 7 rings (SSSR count). The van der Waals surface area contributed by atoms with Gasteiger partial charge in [0.1, 0.15) is 0 Å². The Bertz CT molecular complexity index is 2420. The topological polar surface area (TPSA) is 207 Å². The minimum atomic E-state index is -1.82. The maximum atomic E-state index is 9.10. The standard InChI is InChI=1S/C44H52N6.2C2H2O4/c1-3-49-41-18-7-5-16-37(41)39-29-35(20-22-43(39)49)47-26-11-9-24-45-31-33-14-13-15-34(28-33)32-46-25-10-12-27-48-36-21-23-44-40(30-36)38-17-6-8-19-42(38)50(44)4-2;2*3-1(4)2(5)6/h5-8,13-23,28-30,45-48H,3-4,9-12,24-27,31-32H2,1-2H3;2*(H,3,4)(H,5,6). The third-order valence-corrected chi connectivity index (χ3v) is 10.4. The fraction of sp³-hybridized carbons (Fsp3) is 0.292. The van der Waals surface area contributed by atoms with Crippen LogP contribution in [0.15, 0.2) is 109 Å². The van der Waals surface area contributed by atoms with Gasteiger partial charge in [-0.15, -0.1) is 0 Å². The van der Waals surface area contributed by atoms with Crippen molar-refractivity contribution in [1.82, 2.24) is 19.8 Å². The van der Waals surface area contributed by atoms with E-state index in [9.17, 15) is 0 Å². The first-order valence-electron chi connectivity index (χ1n) is 20.9. The molecule has 62 heavy (non-hydrogen) atoms. The van der Waals surface area contributed by atoms with Gasteiger partial charge in [-0.3, -0.25) is 0 Å². The number of nitrogens with zero attached hydrogens (tertiary/aromatic N) is 2. The lowest BCUT2D eigenvalue weighted by Crippen LogP contribution is -2.17. The summed E-state index contributed by atoms with van der Waals surface area (Å²) in [6.45, 7) is 12.2. The van der Waals surface area contributed by atoms with Gasteiger partial charge < -0.3 is 50.8 Å². The van der Waals surface area contributed by atoms with Gasteiger partial charge in [0.15, 0.2) is 0 Å². The molecular weight excluding hydrogens is 789 g/mol. The van der Waals surface area contributed by atoms with E-state index in [1.54, 1.807) is 0 Å². The van der Waals surface area contributed by atoms with Crippen LogP contribution in [0.4, 0.5) is 11.4 Å². The number of para-hydroxylation sites is 2. The first-order valence-corrected chi connectivity index (χ1v) is 20.9. The van der Waals surface area contributed by atoms with E-state index in [2.05, 4.69) is 153 Å². The summed E-state index contributed by atoms with van der Waals surface area (Å²) in [5.41, 5.74) is 10.4. The number of fused-ring (bicyclic) bond motifs is 6. The molecule has 14 nitrogen and oxygen atoms in total. The Kier molecular flexibility index (Phi) is 17.3. The minimum Gasteiger partial charge on any atom is -0.473 e. The van der Waals surface area contributed by atoms with Crippen LogP contribution < -0.4 is 21.3 Å². The summed E-state index contributed by atoms with van der Waals surface area (Å²) in [5.74, 6) is -7.30. The molecule has 0 aliphatic rings. The van der Waals surface area contributed by atoms with Gasteiger partial charge in [-0.25, -0.2) is 19.2 Å². The number of aromatic nitrogens is 2. The average molecular weight is 845 g/mol. The van der Waals surface area contributed by atoms with Crippen molar-refractivity contribution >= 4 is 78.9 Å². The van der Waals surface area contributed by atoms with Crippen molar-refractivity contribution in [2.24, 2.45) is 0 Å². The molecule has 2 heterocycles. The lowest BCUT2D eigenvalue weighted by Gasteiger charge is -2.10. The van der Waals surface area contributed by atoms with Crippen molar-refractivity contribution in [3.05, 3.63) is 120 Å². The fourth-order valence-electron chi connectivity index (χ4n) is 7.54. The number of aryl methyl sites for hydroxylation is 2. The Morgan fingerprint density at radius 1 is 0.435 bits per heavy atom. The van der Waals surface area contributed by atoms with Crippen molar-refractivity contribution in [3.63, 3.8) is 0 Å². The van der Waals surface area contributed by atoms with E-state index >= 15 is 0 Å². The molecule has 0 amide bonds. The Morgan fingerprint density at radius 3 is 1.19 bits per heavy atom. The Labute approximate surface area is 360 Å². The molecule has 0 unspecified atom stereocenters. The summed E-state index contributed by atoms with van der Waals surface area (Å²) >= 11 is 0. The van der Waals surface area contributed by atoms with Crippen molar-refractivity contribution in [2.45, 2.75) is 65.7 Å². The van der Waals surface area contributed by atoms with Crippen LogP contribution in [0.1, 0.15) is 50.7 Å². The Morgan fingerprint density at radius 2 is 0.806 bits per heavy atom. The molecule has 0 aliphatic carbocycles. The SMILES string of the molecule is CCn1c2ccccc2c2cc(NCCCCNCc3cccc(CNCCCCNc4ccc5c(c4)c4ccccc4n5CC)c3)ccc21.O=C(O)C(=O)O.O=C(O)C(=O)O. The fourth-order valence-corrected chi connectivity index (χ4v) is 7.54. The summed E-state index contributed by atoms with van der Waals surface area (Å²) in [4.78, 5) is 36.4. The van der Waals surface area contributed by atoms with Gasteiger partial charge in [-0.1, -0.05) is 60.7 Å². The zero-order valence-electron chi connectivity index (χ0n) is 35.2. The van der Waals surface area contributed by atoms with E-state index in [-0.39, 0.29) is 0 Å². The summed E-state index contributed by atoms with van der Waals surface area (Å²) in [6.07, 6.45) is 4.58. The van der Waals surface area contributed by atoms with Gasteiger partial charge in [0.05, 0.1) is 0 Å². The molecule has 0 fully saturated rings. The van der Waals surface area contributed by atoms with Crippen LogP contribution in [-0.4, -0.2) is 79.6 Å². The molecule has 14 heteroatoms.